The number of ether oxygens (including phenoxy) is 1. The minimum atomic E-state index is -0.980. The van der Waals surface area contributed by atoms with Gasteiger partial charge in [0.15, 0.2) is 0 Å². The lowest BCUT2D eigenvalue weighted by molar-refractivity contribution is -0.136. The van der Waals surface area contributed by atoms with Crippen LogP contribution in [0.4, 0.5) is 5.69 Å². The third-order valence-corrected chi connectivity index (χ3v) is 9.46. The number of carbonyl (C=O) groups excluding carboxylic acids is 4. The first-order valence-corrected chi connectivity index (χ1v) is 15.8. The number of anilines is 1. The summed E-state index contributed by atoms with van der Waals surface area (Å²) in [6.07, 6.45) is 8.93. The quantitative estimate of drug-likeness (QED) is 0.207. The Kier molecular flexibility index (Phi) is 8.03. The summed E-state index contributed by atoms with van der Waals surface area (Å²) in [5.74, 6) is -1.18. The van der Waals surface area contributed by atoms with Gasteiger partial charge in [-0.15, -0.1) is 0 Å². The van der Waals surface area contributed by atoms with Crippen molar-refractivity contribution in [3.05, 3.63) is 71.2 Å². The van der Waals surface area contributed by atoms with Gasteiger partial charge in [0.1, 0.15) is 6.04 Å². The Morgan fingerprint density at radius 1 is 1.00 bits per heavy atom. The van der Waals surface area contributed by atoms with Crippen LogP contribution in [0.3, 0.4) is 0 Å². The summed E-state index contributed by atoms with van der Waals surface area (Å²) in [7, 11) is 0. The Morgan fingerprint density at radius 3 is 2.59 bits per heavy atom. The Labute approximate surface area is 265 Å². The fourth-order valence-corrected chi connectivity index (χ4v) is 6.73. The van der Waals surface area contributed by atoms with Crippen molar-refractivity contribution in [2.75, 3.05) is 25.1 Å². The van der Waals surface area contributed by atoms with Gasteiger partial charge in [0.25, 0.3) is 11.8 Å². The van der Waals surface area contributed by atoms with Crippen LogP contribution in [0, 0.1) is 11.3 Å². The number of allylic oxidation sites excluding steroid dienone is 1. The molecule has 0 spiro atoms. The smallest absolute Gasteiger partial charge is 0.262 e. The van der Waals surface area contributed by atoms with Crippen molar-refractivity contribution in [1.29, 1.82) is 5.41 Å². The number of nitrogens with one attached hydrogen (secondary N) is 4. The zero-order chi connectivity index (χ0) is 31.8. The van der Waals surface area contributed by atoms with E-state index in [-0.39, 0.29) is 30.0 Å². The van der Waals surface area contributed by atoms with E-state index >= 15 is 0 Å². The molecule has 12 nitrogen and oxygen atoms in total. The van der Waals surface area contributed by atoms with Gasteiger partial charge in [-0.2, -0.15) is 0 Å². The molecule has 1 unspecified atom stereocenters. The van der Waals surface area contributed by atoms with Crippen LogP contribution in [-0.4, -0.2) is 76.6 Å². The summed E-state index contributed by atoms with van der Waals surface area (Å²) in [6, 6.07) is 10.6. The second kappa shape index (κ2) is 12.4. The molecule has 46 heavy (non-hydrogen) atoms. The molecular formula is C34H35N7O5. The highest BCUT2D eigenvalue weighted by molar-refractivity contribution is 6.23. The molecule has 3 aliphatic heterocycles. The molecule has 7 rings (SSSR count). The van der Waals surface area contributed by atoms with Gasteiger partial charge in [0, 0.05) is 55.9 Å². The first kappa shape index (κ1) is 29.7. The van der Waals surface area contributed by atoms with E-state index in [9.17, 15) is 19.2 Å². The van der Waals surface area contributed by atoms with Crippen LogP contribution in [0.2, 0.25) is 0 Å². The van der Waals surface area contributed by atoms with E-state index in [1.54, 1.807) is 24.4 Å². The molecule has 2 aromatic carbocycles. The molecule has 3 aromatic rings. The molecule has 4 heterocycles. The number of fused-ring (bicyclic) bond motifs is 2. The standard InChI is InChI=1S/C34H35N7O5/c35-15-22(29-18-38-27-4-1-21(13-28(27)39-29)20-7-9-46-10-8-20)17-37-24-11-19(12-24)16-36-23-2-3-25-26(14-23)34(45)41(33(25)44)30-5-6-31(42)40-32(30)43/h1-4,13-15,17-20,24,30,35-37H,5-12,16H2,(H,40,42,43)/b22-17+,35-15?/t19-,24-,30?. The zero-order valence-corrected chi connectivity index (χ0v) is 25.3. The maximum atomic E-state index is 13.1. The minimum Gasteiger partial charge on any atom is -0.388 e. The van der Waals surface area contributed by atoms with E-state index in [0.717, 1.165) is 60.5 Å². The van der Waals surface area contributed by atoms with Crippen molar-refractivity contribution >= 4 is 52.1 Å². The number of nitrogens with zero attached hydrogens (tertiary/aromatic N) is 3. The summed E-state index contributed by atoms with van der Waals surface area (Å²) >= 11 is 0. The molecule has 1 aliphatic carbocycles. The largest absolute Gasteiger partial charge is 0.388 e. The van der Waals surface area contributed by atoms with Gasteiger partial charge < -0.3 is 20.8 Å². The monoisotopic (exact) mass is 621 g/mol. The number of aromatic nitrogens is 2. The van der Waals surface area contributed by atoms with Gasteiger partial charge in [0.05, 0.1) is 34.1 Å². The maximum Gasteiger partial charge on any atom is 0.262 e. The number of carbonyl (C=O) groups is 4. The van der Waals surface area contributed by atoms with Gasteiger partial charge in [-0.1, -0.05) is 6.07 Å². The predicted octanol–water partition coefficient (Wildman–Crippen LogP) is 3.40. The van der Waals surface area contributed by atoms with E-state index < -0.39 is 29.7 Å². The molecule has 12 heteroatoms. The van der Waals surface area contributed by atoms with Crippen LogP contribution >= 0.6 is 0 Å². The molecule has 236 valence electrons. The minimum absolute atomic E-state index is 0.0851. The topological polar surface area (TPSA) is 166 Å². The van der Waals surface area contributed by atoms with Crippen LogP contribution in [0.15, 0.2) is 48.8 Å². The van der Waals surface area contributed by atoms with Gasteiger partial charge in [-0.05, 0) is 79.8 Å². The van der Waals surface area contributed by atoms with Gasteiger partial charge >= 0.3 is 0 Å². The molecule has 3 fully saturated rings. The highest BCUT2D eigenvalue weighted by Crippen LogP contribution is 2.32. The van der Waals surface area contributed by atoms with Crippen LogP contribution in [0.25, 0.3) is 16.6 Å². The molecule has 4 N–H and O–H groups in total. The summed E-state index contributed by atoms with van der Waals surface area (Å²) in [5.41, 5.74) is 5.47. The maximum absolute atomic E-state index is 13.1. The highest BCUT2D eigenvalue weighted by atomic mass is 16.5. The molecule has 2 saturated heterocycles. The fourth-order valence-electron chi connectivity index (χ4n) is 6.73. The SMILES string of the molecule is N=C/C(=C\N[C@H]1C[C@H](CNc2ccc3c(c2)C(=O)N(C2CCC(=O)NC2=O)C3=O)C1)c1cnc2ccc(C3CCOCC3)cc2n1. The molecule has 1 saturated carbocycles. The van der Waals surface area contributed by atoms with Crippen LogP contribution in [-0.2, 0) is 14.3 Å². The number of hydrogen-bond acceptors (Lipinski definition) is 10. The van der Waals surface area contributed by atoms with Gasteiger partial charge in [-0.25, -0.2) is 4.98 Å². The van der Waals surface area contributed by atoms with Crippen molar-refractivity contribution in [3.63, 3.8) is 0 Å². The van der Waals surface area contributed by atoms with Crippen molar-refractivity contribution in [1.82, 2.24) is 25.5 Å². The van der Waals surface area contributed by atoms with Crippen molar-refractivity contribution in [2.24, 2.45) is 5.92 Å². The van der Waals surface area contributed by atoms with Crippen LogP contribution in [0.5, 0.6) is 0 Å². The number of rotatable bonds is 9. The summed E-state index contributed by atoms with van der Waals surface area (Å²) < 4.78 is 5.51. The van der Waals surface area contributed by atoms with E-state index in [1.165, 1.54) is 11.8 Å². The van der Waals surface area contributed by atoms with E-state index in [4.69, 9.17) is 15.1 Å². The lowest BCUT2D eigenvalue weighted by atomic mass is 9.80. The van der Waals surface area contributed by atoms with Crippen LogP contribution in [0.1, 0.15) is 76.4 Å². The summed E-state index contributed by atoms with van der Waals surface area (Å²) in [6.45, 7) is 2.26. The lowest BCUT2D eigenvalue weighted by Crippen LogP contribution is -2.54. The van der Waals surface area contributed by atoms with Crippen molar-refractivity contribution in [2.45, 2.75) is 56.5 Å². The summed E-state index contributed by atoms with van der Waals surface area (Å²) in [5, 5.41) is 17.0. The molecule has 1 aromatic heterocycles. The first-order valence-electron chi connectivity index (χ1n) is 15.8. The molecule has 4 aliphatic rings. The summed E-state index contributed by atoms with van der Waals surface area (Å²) in [4.78, 5) is 60.3. The first-order chi connectivity index (χ1) is 22.4. The lowest BCUT2D eigenvalue weighted by Gasteiger charge is -2.36. The zero-order valence-electron chi connectivity index (χ0n) is 25.3. The highest BCUT2D eigenvalue weighted by Gasteiger charge is 2.44. The fraction of sp³-hybridized carbons (Fsp3) is 0.382. The number of piperidine rings is 1. The number of amides is 4. The number of benzene rings is 2. The van der Waals surface area contributed by atoms with Crippen molar-refractivity contribution in [3.8, 4) is 0 Å². The predicted molar refractivity (Wildman–Crippen MR) is 170 cm³/mol. The Hall–Kier alpha value is -4.97. The third-order valence-electron chi connectivity index (χ3n) is 9.46. The van der Waals surface area contributed by atoms with Gasteiger partial charge in [-0.3, -0.25) is 34.4 Å². The average Bonchev–Trinajstić information content (AvgIpc) is 3.30. The Bertz CT molecular complexity index is 1780. The molecule has 1 atom stereocenters. The van der Waals surface area contributed by atoms with Gasteiger partial charge in [0.2, 0.25) is 11.8 Å². The van der Waals surface area contributed by atoms with E-state index in [0.29, 0.717) is 29.6 Å². The molecule has 4 amide bonds. The molecular weight excluding hydrogens is 586 g/mol. The van der Waals surface area contributed by atoms with E-state index in [1.807, 2.05) is 12.3 Å². The Morgan fingerprint density at radius 2 is 1.80 bits per heavy atom. The third kappa shape index (κ3) is 5.76. The Balaban J connectivity index is 0.930. The normalized spacial score (nSPS) is 23.6. The van der Waals surface area contributed by atoms with E-state index in [2.05, 4.69) is 33.1 Å². The second-order valence-corrected chi connectivity index (χ2v) is 12.4. The number of imide groups is 2. The number of hydrogen-bond donors (Lipinski definition) is 4. The molecule has 0 bridgehead atoms. The van der Waals surface area contributed by atoms with Crippen LogP contribution < -0.4 is 16.0 Å². The molecule has 0 radical (unpaired) electrons. The van der Waals surface area contributed by atoms with Crippen molar-refractivity contribution < 1.29 is 23.9 Å². The average molecular weight is 622 g/mol. The second-order valence-electron chi connectivity index (χ2n) is 12.4.